The number of amides is 2. The Morgan fingerprint density at radius 3 is 2.09 bits per heavy atom. The summed E-state index contributed by atoms with van der Waals surface area (Å²) in [7, 11) is -3.53. The van der Waals surface area contributed by atoms with Gasteiger partial charge in [-0.2, -0.15) is 4.31 Å². The normalized spacial score (nSPS) is 15.8. The Bertz CT molecular complexity index is 1080. The van der Waals surface area contributed by atoms with Gasteiger partial charge in [-0.1, -0.05) is 50.6 Å². The van der Waals surface area contributed by atoms with Gasteiger partial charge in [0.1, 0.15) is 0 Å². The third kappa shape index (κ3) is 6.42. The molecule has 7 nitrogen and oxygen atoms in total. The van der Waals surface area contributed by atoms with Gasteiger partial charge < -0.3 is 10.6 Å². The van der Waals surface area contributed by atoms with Gasteiger partial charge in [0.25, 0.3) is 5.91 Å². The molecule has 2 aromatic carbocycles. The van der Waals surface area contributed by atoms with E-state index in [2.05, 4.69) is 31.4 Å². The van der Waals surface area contributed by atoms with E-state index < -0.39 is 10.0 Å². The second-order valence-electron chi connectivity index (χ2n) is 9.57. The summed E-state index contributed by atoms with van der Waals surface area (Å²) >= 11 is 0. The quantitative estimate of drug-likeness (QED) is 0.677. The topological polar surface area (TPSA) is 95.6 Å². The van der Waals surface area contributed by atoms with E-state index in [9.17, 15) is 18.0 Å². The molecular weight excluding hydrogens is 438 g/mol. The molecule has 2 amide bonds. The van der Waals surface area contributed by atoms with E-state index in [1.165, 1.54) is 4.31 Å². The van der Waals surface area contributed by atoms with E-state index in [0.29, 0.717) is 31.5 Å². The first-order valence-corrected chi connectivity index (χ1v) is 12.7. The Morgan fingerprint density at radius 1 is 0.970 bits per heavy atom. The number of rotatable bonds is 6. The molecule has 178 valence electrons. The lowest BCUT2D eigenvalue weighted by Crippen LogP contribution is -2.48. The molecule has 1 fully saturated rings. The highest BCUT2D eigenvalue weighted by Gasteiger charge is 2.30. The summed E-state index contributed by atoms with van der Waals surface area (Å²) in [6.45, 7) is 8.79. The molecule has 0 aromatic heterocycles. The molecular formula is C25H33N3O4S. The lowest BCUT2D eigenvalue weighted by atomic mass is 9.87. The maximum atomic E-state index is 12.8. The minimum Gasteiger partial charge on any atom is -0.352 e. The minimum atomic E-state index is -3.53. The van der Waals surface area contributed by atoms with Crippen LogP contribution in [0.15, 0.2) is 53.4 Å². The Balaban J connectivity index is 1.45. The molecule has 8 heteroatoms. The average Bonchev–Trinajstić information content (AvgIpc) is 2.77. The van der Waals surface area contributed by atoms with Crippen molar-refractivity contribution in [2.75, 3.05) is 19.6 Å². The van der Waals surface area contributed by atoms with E-state index in [4.69, 9.17) is 0 Å². The molecule has 0 aliphatic carbocycles. The van der Waals surface area contributed by atoms with Crippen molar-refractivity contribution in [3.05, 3.63) is 65.2 Å². The fraction of sp³-hybridized carbons (Fsp3) is 0.440. The summed E-state index contributed by atoms with van der Waals surface area (Å²) in [4.78, 5) is 24.9. The summed E-state index contributed by atoms with van der Waals surface area (Å²) in [6.07, 6.45) is 1.05. The van der Waals surface area contributed by atoms with E-state index in [1.807, 2.05) is 19.1 Å². The van der Waals surface area contributed by atoms with Crippen molar-refractivity contribution in [1.82, 2.24) is 14.9 Å². The summed E-state index contributed by atoms with van der Waals surface area (Å²) < 4.78 is 27.1. The Kier molecular flexibility index (Phi) is 7.59. The highest BCUT2D eigenvalue weighted by Crippen LogP contribution is 2.22. The molecule has 1 aliphatic heterocycles. The van der Waals surface area contributed by atoms with Crippen molar-refractivity contribution in [2.45, 2.75) is 56.9 Å². The molecule has 1 saturated heterocycles. The van der Waals surface area contributed by atoms with Crippen LogP contribution >= 0.6 is 0 Å². The molecule has 2 N–H and O–H groups in total. The van der Waals surface area contributed by atoms with Crippen LogP contribution in [0.3, 0.4) is 0 Å². The van der Waals surface area contributed by atoms with Crippen LogP contribution < -0.4 is 10.6 Å². The fourth-order valence-electron chi connectivity index (χ4n) is 3.76. The number of nitrogens with zero attached hydrogens (tertiary/aromatic N) is 1. The highest BCUT2D eigenvalue weighted by atomic mass is 32.2. The van der Waals surface area contributed by atoms with Crippen LogP contribution in [0.2, 0.25) is 0 Å². The van der Waals surface area contributed by atoms with Gasteiger partial charge in [0.05, 0.1) is 11.4 Å². The molecule has 2 aromatic rings. The molecule has 0 atom stereocenters. The zero-order valence-electron chi connectivity index (χ0n) is 19.7. The lowest BCUT2D eigenvalue weighted by molar-refractivity contribution is -0.121. The van der Waals surface area contributed by atoms with Crippen LogP contribution in [0.5, 0.6) is 0 Å². The number of piperidine rings is 1. The molecule has 0 saturated carbocycles. The number of hydrogen-bond donors (Lipinski definition) is 2. The van der Waals surface area contributed by atoms with Crippen molar-refractivity contribution < 1.29 is 18.0 Å². The van der Waals surface area contributed by atoms with Crippen molar-refractivity contribution >= 4 is 21.8 Å². The number of benzene rings is 2. The smallest absolute Gasteiger partial charge is 0.251 e. The third-order valence-electron chi connectivity index (χ3n) is 5.90. The van der Waals surface area contributed by atoms with E-state index in [1.54, 1.807) is 36.4 Å². The van der Waals surface area contributed by atoms with E-state index >= 15 is 0 Å². The molecule has 0 unspecified atom stereocenters. The van der Waals surface area contributed by atoms with E-state index in [0.717, 1.165) is 11.1 Å². The van der Waals surface area contributed by atoms with Gasteiger partial charge >= 0.3 is 0 Å². The van der Waals surface area contributed by atoms with Crippen LogP contribution in [0.4, 0.5) is 0 Å². The Hall–Kier alpha value is -2.71. The molecule has 3 rings (SSSR count). The van der Waals surface area contributed by atoms with Crippen molar-refractivity contribution in [3.8, 4) is 0 Å². The van der Waals surface area contributed by atoms with Crippen LogP contribution in [0.25, 0.3) is 0 Å². The first-order valence-electron chi connectivity index (χ1n) is 11.2. The second-order valence-corrected chi connectivity index (χ2v) is 11.5. The number of carbonyl (C=O) groups is 2. The summed E-state index contributed by atoms with van der Waals surface area (Å²) in [5.41, 5.74) is 2.64. The Morgan fingerprint density at radius 2 is 1.55 bits per heavy atom. The first-order chi connectivity index (χ1) is 15.5. The molecule has 0 bridgehead atoms. The number of sulfonamides is 1. The van der Waals surface area contributed by atoms with Gasteiger partial charge in [0.2, 0.25) is 15.9 Å². The van der Waals surface area contributed by atoms with Crippen LogP contribution in [-0.2, 0) is 20.2 Å². The van der Waals surface area contributed by atoms with Crippen molar-refractivity contribution in [3.63, 3.8) is 0 Å². The lowest BCUT2D eigenvalue weighted by Gasteiger charge is -2.31. The fourth-order valence-corrected chi connectivity index (χ4v) is 5.23. The van der Waals surface area contributed by atoms with Gasteiger partial charge in [0, 0.05) is 24.7 Å². The highest BCUT2D eigenvalue weighted by molar-refractivity contribution is 7.89. The minimum absolute atomic E-state index is 0.00391. The molecule has 0 radical (unpaired) electrons. The maximum Gasteiger partial charge on any atom is 0.251 e. The Labute approximate surface area is 196 Å². The first kappa shape index (κ1) is 24.9. The predicted molar refractivity (Wildman–Crippen MR) is 129 cm³/mol. The van der Waals surface area contributed by atoms with Crippen LogP contribution in [0, 0.1) is 6.92 Å². The monoisotopic (exact) mass is 471 g/mol. The molecule has 1 heterocycles. The van der Waals surface area contributed by atoms with Gasteiger partial charge in [-0.25, -0.2) is 8.42 Å². The van der Waals surface area contributed by atoms with Gasteiger partial charge in [-0.05, 0) is 55.0 Å². The number of carbonyl (C=O) groups excluding carboxylic acids is 2. The number of nitrogens with one attached hydrogen (secondary N) is 2. The average molecular weight is 472 g/mol. The molecule has 33 heavy (non-hydrogen) atoms. The van der Waals surface area contributed by atoms with Gasteiger partial charge in [-0.3, -0.25) is 9.59 Å². The number of hydrogen-bond acceptors (Lipinski definition) is 4. The van der Waals surface area contributed by atoms with Crippen molar-refractivity contribution in [1.29, 1.82) is 0 Å². The summed E-state index contributed by atoms with van der Waals surface area (Å²) in [5, 5.41) is 5.55. The maximum absolute atomic E-state index is 12.8. The second kappa shape index (κ2) is 10.1. The zero-order valence-corrected chi connectivity index (χ0v) is 20.5. The standard InChI is InChI=1S/C25H33N3O4S/c1-18-5-11-22(12-6-18)33(31,32)28-15-13-21(14-16-28)27-23(29)17-26-24(30)19-7-9-20(10-8-19)25(2,3)4/h5-12,21H,13-17H2,1-4H3,(H,26,30)(H,27,29). The largest absolute Gasteiger partial charge is 0.352 e. The zero-order chi connectivity index (χ0) is 24.2. The van der Waals surface area contributed by atoms with Crippen LogP contribution in [0.1, 0.15) is 55.1 Å². The van der Waals surface area contributed by atoms with Gasteiger partial charge in [-0.15, -0.1) is 0 Å². The van der Waals surface area contributed by atoms with Crippen LogP contribution in [-0.4, -0.2) is 50.2 Å². The van der Waals surface area contributed by atoms with Gasteiger partial charge in [0.15, 0.2) is 0 Å². The van der Waals surface area contributed by atoms with Crippen molar-refractivity contribution in [2.24, 2.45) is 0 Å². The van der Waals surface area contributed by atoms with E-state index in [-0.39, 0.29) is 34.7 Å². The summed E-state index contributed by atoms with van der Waals surface area (Å²) in [6, 6.07) is 14.1. The summed E-state index contributed by atoms with van der Waals surface area (Å²) in [5.74, 6) is -0.584. The predicted octanol–water partition coefficient (Wildman–Crippen LogP) is 2.99. The number of aryl methyl sites for hydroxylation is 1. The SMILES string of the molecule is Cc1ccc(S(=O)(=O)N2CCC(NC(=O)CNC(=O)c3ccc(C(C)(C)C)cc3)CC2)cc1. The third-order valence-corrected chi connectivity index (χ3v) is 7.81. The molecule has 0 spiro atoms. The molecule has 1 aliphatic rings.